The van der Waals surface area contributed by atoms with Crippen molar-refractivity contribution in [2.45, 2.75) is 39.8 Å². The molecule has 3 nitrogen and oxygen atoms in total. The van der Waals surface area contributed by atoms with Gasteiger partial charge in [0.2, 0.25) is 0 Å². The number of aryl methyl sites for hydroxylation is 1. The van der Waals surface area contributed by atoms with E-state index in [9.17, 15) is 0 Å². The molecule has 1 rings (SSSR count). The predicted molar refractivity (Wildman–Crippen MR) is 58.3 cm³/mol. The van der Waals surface area contributed by atoms with E-state index < -0.39 is 0 Å². The average Bonchev–Trinajstić information content (AvgIpc) is 2.06. The van der Waals surface area contributed by atoms with Crippen LogP contribution in [-0.2, 0) is 6.61 Å². The van der Waals surface area contributed by atoms with Crippen molar-refractivity contribution >= 4 is 5.82 Å². The van der Waals surface area contributed by atoms with Gasteiger partial charge in [-0.15, -0.1) is 0 Å². The molecule has 3 heteroatoms. The second-order valence-electron chi connectivity index (χ2n) is 4.54. The van der Waals surface area contributed by atoms with Crippen molar-refractivity contribution in [1.29, 1.82) is 0 Å². The summed E-state index contributed by atoms with van der Waals surface area (Å²) in [7, 11) is 0. The van der Waals surface area contributed by atoms with Crippen molar-refractivity contribution in [2.75, 3.05) is 5.32 Å². The van der Waals surface area contributed by atoms with Gasteiger partial charge >= 0.3 is 0 Å². The Hall–Kier alpha value is -1.09. The summed E-state index contributed by atoms with van der Waals surface area (Å²) in [6.07, 6.45) is 1.70. The van der Waals surface area contributed by atoms with Crippen LogP contribution in [0.25, 0.3) is 0 Å². The first kappa shape index (κ1) is 11.0. The molecule has 1 heterocycles. The van der Waals surface area contributed by atoms with E-state index in [0.29, 0.717) is 0 Å². The maximum atomic E-state index is 8.93. The van der Waals surface area contributed by atoms with Crippen molar-refractivity contribution in [1.82, 2.24) is 4.98 Å². The molecule has 0 spiro atoms. The van der Waals surface area contributed by atoms with E-state index >= 15 is 0 Å². The smallest absolute Gasteiger partial charge is 0.129 e. The highest BCUT2D eigenvalue weighted by molar-refractivity contribution is 5.46. The summed E-state index contributed by atoms with van der Waals surface area (Å²) in [6.45, 7) is 8.31. The van der Waals surface area contributed by atoms with Crippen LogP contribution in [0.3, 0.4) is 0 Å². The molecule has 0 bridgehead atoms. The zero-order valence-corrected chi connectivity index (χ0v) is 9.26. The molecule has 0 atom stereocenters. The molecular formula is C11H18N2O. The standard InChI is InChI=1S/C11H18N2O/c1-8-5-9(7-14)6-12-10(8)13-11(2,3)4/h5-6,14H,7H2,1-4H3,(H,12,13). The number of hydrogen-bond donors (Lipinski definition) is 2. The van der Waals surface area contributed by atoms with E-state index in [2.05, 4.69) is 31.1 Å². The van der Waals surface area contributed by atoms with Crippen LogP contribution in [0.5, 0.6) is 0 Å². The van der Waals surface area contributed by atoms with Gasteiger partial charge in [0.05, 0.1) is 6.61 Å². The minimum atomic E-state index is 0.0124. The fourth-order valence-corrected chi connectivity index (χ4v) is 1.21. The van der Waals surface area contributed by atoms with Crippen LogP contribution in [0.2, 0.25) is 0 Å². The number of anilines is 1. The Balaban J connectivity index is 2.89. The molecule has 0 saturated carbocycles. The number of aliphatic hydroxyl groups excluding tert-OH is 1. The monoisotopic (exact) mass is 194 g/mol. The summed E-state index contributed by atoms with van der Waals surface area (Å²) in [6, 6.07) is 1.95. The van der Waals surface area contributed by atoms with Crippen LogP contribution >= 0.6 is 0 Å². The molecule has 0 aromatic carbocycles. The molecule has 2 N–H and O–H groups in total. The summed E-state index contributed by atoms with van der Waals surface area (Å²) < 4.78 is 0. The third kappa shape index (κ3) is 3.00. The lowest BCUT2D eigenvalue weighted by Crippen LogP contribution is -2.27. The normalized spacial score (nSPS) is 11.5. The van der Waals surface area contributed by atoms with Gasteiger partial charge in [-0.25, -0.2) is 4.98 Å². The highest BCUT2D eigenvalue weighted by atomic mass is 16.3. The number of rotatable bonds is 2. The second kappa shape index (κ2) is 3.96. The largest absolute Gasteiger partial charge is 0.392 e. The molecule has 0 fully saturated rings. The SMILES string of the molecule is Cc1cc(CO)cnc1NC(C)(C)C. The maximum absolute atomic E-state index is 8.93. The Kier molecular flexibility index (Phi) is 3.11. The van der Waals surface area contributed by atoms with E-state index in [1.54, 1.807) is 6.20 Å². The van der Waals surface area contributed by atoms with Crippen molar-refractivity contribution in [3.8, 4) is 0 Å². The van der Waals surface area contributed by atoms with Gasteiger partial charge < -0.3 is 10.4 Å². The number of pyridine rings is 1. The summed E-state index contributed by atoms with van der Waals surface area (Å²) in [5.74, 6) is 0.884. The lowest BCUT2D eigenvalue weighted by molar-refractivity contribution is 0.281. The van der Waals surface area contributed by atoms with Crippen LogP contribution in [0.1, 0.15) is 31.9 Å². The Labute approximate surface area is 85.2 Å². The number of nitrogens with one attached hydrogen (secondary N) is 1. The summed E-state index contributed by atoms with van der Waals surface area (Å²) in [5, 5.41) is 12.2. The van der Waals surface area contributed by atoms with Gasteiger partial charge in [-0.3, -0.25) is 0 Å². The summed E-state index contributed by atoms with van der Waals surface area (Å²) in [4.78, 5) is 4.26. The van der Waals surface area contributed by atoms with Crippen LogP contribution in [0, 0.1) is 6.92 Å². The van der Waals surface area contributed by atoms with Crippen LogP contribution < -0.4 is 5.32 Å². The molecule has 0 aliphatic heterocycles. The lowest BCUT2D eigenvalue weighted by Gasteiger charge is -2.22. The van der Waals surface area contributed by atoms with Gasteiger partial charge in [-0.1, -0.05) is 0 Å². The van der Waals surface area contributed by atoms with E-state index in [-0.39, 0.29) is 12.1 Å². The van der Waals surface area contributed by atoms with Gasteiger partial charge in [0.15, 0.2) is 0 Å². The van der Waals surface area contributed by atoms with Crippen molar-refractivity contribution in [3.63, 3.8) is 0 Å². The van der Waals surface area contributed by atoms with E-state index in [4.69, 9.17) is 5.11 Å². The topological polar surface area (TPSA) is 45.2 Å². The highest BCUT2D eigenvalue weighted by Gasteiger charge is 2.11. The molecule has 78 valence electrons. The first-order valence-corrected chi connectivity index (χ1v) is 4.77. The van der Waals surface area contributed by atoms with Crippen LogP contribution in [-0.4, -0.2) is 15.6 Å². The van der Waals surface area contributed by atoms with Gasteiger partial charge in [-0.2, -0.15) is 0 Å². The van der Waals surface area contributed by atoms with Crippen LogP contribution in [0.15, 0.2) is 12.3 Å². The van der Waals surface area contributed by atoms with Crippen molar-refractivity contribution in [2.24, 2.45) is 0 Å². The van der Waals surface area contributed by atoms with E-state index in [1.165, 1.54) is 0 Å². The summed E-state index contributed by atoms with van der Waals surface area (Å²) >= 11 is 0. The molecule has 0 unspecified atom stereocenters. The fraction of sp³-hybridized carbons (Fsp3) is 0.545. The molecular weight excluding hydrogens is 176 g/mol. The minimum Gasteiger partial charge on any atom is -0.392 e. The molecule has 0 radical (unpaired) electrons. The third-order valence-corrected chi connectivity index (χ3v) is 1.81. The lowest BCUT2D eigenvalue weighted by atomic mass is 10.1. The van der Waals surface area contributed by atoms with E-state index in [1.807, 2.05) is 13.0 Å². The Bertz CT molecular complexity index is 316. The third-order valence-electron chi connectivity index (χ3n) is 1.81. The maximum Gasteiger partial charge on any atom is 0.129 e. The zero-order chi connectivity index (χ0) is 10.8. The van der Waals surface area contributed by atoms with E-state index in [0.717, 1.165) is 16.9 Å². The van der Waals surface area contributed by atoms with Crippen LogP contribution in [0.4, 0.5) is 5.82 Å². The molecule has 0 saturated heterocycles. The minimum absolute atomic E-state index is 0.0124. The quantitative estimate of drug-likeness (QED) is 0.757. The van der Waals surface area contributed by atoms with Gasteiger partial charge in [-0.05, 0) is 44.9 Å². The zero-order valence-electron chi connectivity index (χ0n) is 9.26. The van der Waals surface area contributed by atoms with Crippen molar-refractivity contribution in [3.05, 3.63) is 23.4 Å². The molecule has 1 aromatic rings. The highest BCUT2D eigenvalue weighted by Crippen LogP contribution is 2.17. The molecule has 0 amide bonds. The van der Waals surface area contributed by atoms with Gasteiger partial charge in [0.1, 0.15) is 5.82 Å². The predicted octanol–water partition coefficient (Wildman–Crippen LogP) is 2.09. The number of aromatic nitrogens is 1. The first-order chi connectivity index (χ1) is 6.42. The first-order valence-electron chi connectivity index (χ1n) is 4.77. The van der Waals surface area contributed by atoms with Crippen molar-refractivity contribution < 1.29 is 5.11 Å². The Morgan fingerprint density at radius 1 is 1.43 bits per heavy atom. The number of hydrogen-bond acceptors (Lipinski definition) is 3. The van der Waals surface area contributed by atoms with Gasteiger partial charge in [0.25, 0.3) is 0 Å². The summed E-state index contributed by atoms with van der Waals surface area (Å²) in [5.41, 5.74) is 1.92. The number of aliphatic hydroxyl groups is 1. The molecule has 1 aromatic heterocycles. The van der Waals surface area contributed by atoms with Gasteiger partial charge in [0, 0.05) is 11.7 Å². The molecule has 0 aliphatic rings. The number of nitrogens with zero attached hydrogens (tertiary/aromatic N) is 1. The molecule has 0 aliphatic carbocycles. The Morgan fingerprint density at radius 2 is 2.07 bits per heavy atom. The average molecular weight is 194 g/mol. The second-order valence-corrected chi connectivity index (χ2v) is 4.54. The molecule has 14 heavy (non-hydrogen) atoms. The fourth-order valence-electron chi connectivity index (χ4n) is 1.21. The Morgan fingerprint density at radius 3 is 2.50 bits per heavy atom.